The molecule has 2 atom stereocenters. The molecule has 2 unspecified atom stereocenters. The monoisotopic (exact) mass is 398 g/mol. The van der Waals surface area contributed by atoms with E-state index in [9.17, 15) is 9.59 Å². The standard InChI is InChI=1S/C24H34N2O3/c1-22(2,3)17-6-8-18(9-7-17)24-10-11-26(15-19(24)14-24)20(27)16-12-23(4,13-16)25-21(28)29-5/h6-9,16,19H,10-15H2,1-5H3,(H,25,28)/t16-,19?,23+,24?. The summed E-state index contributed by atoms with van der Waals surface area (Å²) in [4.78, 5) is 26.5. The van der Waals surface area contributed by atoms with Gasteiger partial charge in [0, 0.05) is 30.0 Å². The molecule has 1 N–H and O–H groups in total. The third-order valence-corrected chi connectivity index (χ3v) is 7.47. The van der Waals surface area contributed by atoms with Gasteiger partial charge in [-0.1, -0.05) is 45.0 Å². The number of methoxy groups -OCH3 is 1. The minimum atomic E-state index is -0.420. The van der Waals surface area contributed by atoms with Crippen LogP contribution in [0, 0.1) is 11.8 Å². The number of nitrogens with one attached hydrogen (secondary N) is 1. The van der Waals surface area contributed by atoms with E-state index >= 15 is 0 Å². The summed E-state index contributed by atoms with van der Waals surface area (Å²) in [5.41, 5.74) is 2.96. The predicted octanol–water partition coefficient (Wildman–Crippen LogP) is 4.00. The SMILES string of the molecule is COC(=O)N[C@]1(C)C[C@H](C(=O)N2CCC3(c4ccc(C(C)(C)C)cc4)CC3C2)C1. The molecular weight excluding hydrogens is 364 g/mol. The average Bonchev–Trinajstić information content (AvgIpc) is 3.39. The van der Waals surface area contributed by atoms with E-state index in [2.05, 4.69) is 60.0 Å². The molecule has 1 saturated heterocycles. The number of nitrogens with zero attached hydrogens (tertiary/aromatic N) is 1. The number of piperidine rings is 1. The molecule has 3 aliphatic rings. The lowest BCUT2D eigenvalue weighted by Gasteiger charge is -2.46. The van der Waals surface area contributed by atoms with Crippen molar-refractivity contribution in [3.05, 3.63) is 35.4 Å². The van der Waals surface area contributed by atoms with Crippen molar-refractivity contribution >= 4 is 12.0 Å². The van der Waals surface area contributed by atoms with Crippen molar-refractivity contribution in [1.29, 1.82) is 0 Å². The molecule has 0 radical (unpaired) electrons. The molecule has 1 aliphatic heterocycles. The van der Waals surface area contributed by atoms with Gasteiger partial charge < -0.3 is 15.0 Å². The zero-order valence-electron chi connectivity index (χ0n) is 18.4. The molecule has 3 fully saturated rings. The second kappa shape index (κ2) is 6.75. The summed E-state index contributed by atoms with van der Waals surface area (Å²) < 4.78 is 4.69. The summed E-state index contributed by atoms with van der Waals surface area (Å²) >= 11 is 0. The van der Waals surface area contributed by atoms with Crippen LogP contribution in [0.1, 0.15) is 64.5 Å². The molecule has 2 saturated carbocycles. The average molecular weight is 399 g/mol. The van der Waals surface area contributed by atoms with E-state index in [1.54, 1.807) is 0 Å². The highest BCUT2D eigenvalue weighted by atomic mass is 16.5. The summed E-state index contributed by atoms with van der Waals surface area (Å²) in [5, 5.41) is 2.86. The maximum atomic E-state index is 13.0. The minimum Gasteiger partial charge on any atom is -0.453 e. The Kier molecular flexibility index (Phi) is 4.71. The maximum Gasteiger partial charge on any atom is 0.407 e. The Balaban J connectivity index is 1.33. The fourth-order valence-electron chi connectivity index (χ4n) is 5.48. The van der Waals surface area contributed by atoms with Crippen LogP contribution in [-0.2, 0) is 20.4 Å². The number of fused-ring (bicyclic) bond motifs is 1. The predicted molar refractivity (Wildman–Crippen MR) is 113 cm³/mol. The van der Waals surface area contributed by atoms with Crippen molar-refractivity contribution < 1.29 is 14.3 Å². The lowest BCUT2D eigenvalue weighted by atomic mass is 9.68. The van der Waals surface area contributed by atoms with Gasteiger partial charge in [0.25, 0.3) is 0 Å². The Hall–Kier alpha value is -2.04. The lowest BCUT2D eigenvalue weighted by molar-refractivity contribution is -0.142. The summed E-state index contributed by atoms with van der Waals surface area (Å²) in [6, 6.07) is 9.18. The molecule has 2 amide bonds. The van der Waals surface area contributed by atoms with E-state index in [1.165, 1.54) is 24.7 Å². The minimum absolute atomic E-state index is 0.0227. The Morgan fingerprint density at radius 2 is 1.79 bits per heavy atom. The highest BCUT2D eigenvalue weighted by Gasteiger charge is 2.58. The fourth-order valence-corrected chi connectivity index (χ4v) is 5.48. The normalized spacial score (nSPS) is 33.3. The van der Waals surface area contributed by atoms with E-state index in [4.69, 9.17) is 0 Å². The zero-order chi connectivity index (χ0) is 21.0. The van der Waals surface area contributed by atoms with Gasteiger partial charge in [0.2, 0.25) is 5.91 Å². The van der Waals surface area contributed by atoms with Crippen LogP contribution in [0.2, 0.25) is 0 Å². The summed E-state index contributed by atoms with van der Waals surface area (Å²) in [6.45, 7) is 10.4. The van der Waals surface area contributed by atoms with Crippen LogP contribution >= 0.6 is 0 Å². The summed E-state index contributed by atoms with van der Waals surface area (Å²) in [6.07, 6.45) is 3.22. The number of rotatable bonds is 3. The Labute approximate surface area is 174 Å². The topological polar surface area (TPSA) is 58.6 Å². The third-order valence-electron chi connectivity index (χ3n) is 7.47. The molecule has 29 heavy (non-hydrogen) atoms. The van der Waals surface area contributed by atoms with Gasteiger partial charge in [-0.3, -0.25) is 4.79 Å². The van der Waals surface area contributed by atoms with Crippen LogP contribution in [0.25, 0.3) is 0 Å². The zero-order valence-corrected chi connectivity index (χ0v) is 18.4. The van der Waals surface area contributed by atoms with Crippen LogP contribution in [0.15, 0.2) is 24.3 Å². The van der Waals surface area contributed by atoms with Crippen LogP contribution in [0.4, 0.5) is 4.79 Å². The second-order valence-corrected chi connectivity index (χ2v) is 10.7. The molecule has 1 aromatic rings. The Bertz CT molecular complexity index is 804. The molecule has 5 nitrogen and oxygen atoms in total. The number of carbonyl (C=O) groups is 2. The first-order valence-corrected chi connectivity index (χ1v) is 10.8. The van der Waals surface area contributed by atoms with Crippen molar-refractivity contribution in [2.24, 2.45) is 11.8 Å². The van der Waals surface area contributed by atoms with Crippen LogP contribution in [-0.4, -0.2) is 42.6 Å². The van der Waals surface area contributed by atoms with E-state index in [-0.39, 0.29) is 28.2 Å². The van der Waals surface area contributed by atoms with Gasteiger partial charge in [-0.15, -0.1) is 0 Å². The van der Waals surface area contributed by atoms with Gasteiger partial charge in [0.05, 0.1) is 7.11 Å². The quantitative estimate of drug-likeness (QED) is 0.837. The molecule has 2 aliphatic carbocycles. The molecule has 0 spiro atoms. The van der Waals surface area contributed by atoms with E-state index in [1.807, 2.05) is 6.92 Å². The highest BCUT2D eigenvalue weighted by Crippen LogP contribution is 2.59. The molecule has 158 valence electrons. The van der Waals surface area contributed by atoms with Gasteiger partial charge in [-0.25, -0.2) is 4.79 Å². The smallest absolute Gasteiger partial charge is 0.407 e. The van der Waals surface area contributed by atoms with Gasteiger partial charge in [-0.2, -0.15) is 0 Å². The van der Waals surface area contributed by atoms with Crippen LogP contribution in [0.3, 0.4) is 0 Å². The molecular formula is C24H34N2O3. The summed E-state index contributed by atoms with van der Waals surface area (Å²) in [7, 11) is 1.37. The molecule has 1 aromatic carbocycles. The van der Waals surface area contributed by atoms with E-state index < -0.39 is 6.09 Å². The van der Waals surface area contributed by atoms with Crippen LogP contribution < -0.4 is 5.32 Å². The number of amides is 2. The largest absolute Gasteiger partial charge is 0.453 e. The molecule has 4 rings (SSSR count). The van der Waals surface area contributed by atoms with E-state index in [0.29, 0.717) is 18.8 Å². The summed E-state index contributed by atoms with van der Waals surface area (Å²) in [5.74, 6) is 0.868. The van der Waals surface area contributed by atoms with Gasteiger partial charge >= 0.3 is 6.09 Å². The van der Waals surface area contributed by atoms with Gasteiger partial charge in [0.15, 0.2) is 0 Å². The lowest BCUT2D eigenvalue weighted by Crippen LogP contribution is -2.59. The number of hydrogen-bond donors (Lipinski definition) is 1. The number of likely N-dealkylation sites (tertiary alicyclic amines) is 1. The number of alkyl carbamates (subject to hydrolysis) is 1. The molecule has 5 heteroatoms. The number of hydrogen-bond acceptors (Lipinski definition) is 3. The number of carbonyl (C=O) groups excluding carboxylic acids is 2. The van der Waals surface area contributed by atoms with Crippen molar-refractivity contribution in [2.75, 3.05) is 20.2 Å². The third kappa shape index (κ3) is 3.64. The molecule has 0 aromatic heterocycles. The first-order chi connectivity index (χ1) is 13.6. The van der Waals surface area contributed by atoms with Crippen molar-refractivity contribution in [1.82, 2.24) is 10.2 Å². The maximum absolute atomic E-state index is 13.0. The second-order valence-electron chi connectivity index (χ2n) is 10.7. The van der Waals surface area contributed by atoms with Crippen molar-refractivity contribution in [3.63, 3.8) is 0 Å². The Morgan fingerprint density at radius 1 is 1.14 bits per heavy atom. The first kappa shape index (κ1) is 20.2. The molecule has 1 heterocycles. The van der Waals surface area contributed by atoms with Gasteiger partial charge in [0.1, 0.15) is 0 Å². The van der Waals surface area contributed by atoms with Gasteiger partial charge in [-0.05, 0) is 55.1 Å². The van der Waals surface area contributed by atoms with Crippen molar-refractivity contribution in [2.45, 2.75) is 69.7 Å². The number of benzene rings is 1. The number of ether oxygens (including phenoxy) is 1. The fraction of sp³-hybridized carbons (Fsp3) is 0.667. The van der Waals surface area contributed by atoms with Crippen molar-refractivity contribution in [3.8, 4) is 0 Å². The highest BCUT2D eigenvalue weighted by molar-refractivity contribution is 5.81. The molecule has 0 bridgehead atoms. The first-order valence-electron chi connectivity index (χ1n) is 10.8. The Morgan fingerprint density at radius 3 is 2.34 bits per heavy atom. The van der Waals surface area contributed by atoms with Crippen LogP contribution in [0.5, 0.6) is 0 Å². The van der Waals surface area contributed by atoms with E-state index in [0.717, 1.165) is 19.5 Å².